The maximum atomic E-state index is 13.5. The topological polar surface area (TPSA) is 80.7 Å². The number of benzene rings is 3. The largest absolute Gasteiger partial charge is 0.497 e. The van der Waals surface area contributed by atoms with Crippen LogP contribution in [0.25, 0.3) is 0 Å². The number of piperazine rings is 1. The van der Waals surface area contributed by atoms with Crippen LogP contribution in [0.1, 0.15) is 18.1 Å². The van der Waals surface area contributed by atoms with Crippen molar-refractivity contribution in [1.82, 2.24) is 9.21 Å². The van der Waals surface area contributed by atoms with E-state index in [9.17, 15) is 21.6 Å². The summed E-state index contributed by atoms with van der Waals surface area (Å²) in [5.41, 5.74) is -0.302. The monoisotopic (exact) mass is 561 g/mol. The summed E-state index contributed by atoms with van der Waals surface area (Å²) in [4.78, 5) is 6.61. The van der Waals surface area contributed by atoms with Crippen molar-refractivity contribution in [2.45, 2.75) is 24.0 Å². The normalized spacial score (nSPS) is 17.8. The van der Waals surface area contributed by atoms with Crippen molar-refractivity contribution in [3.05, 3.63) is 71.8 Å². The number of halogens is 3. The Labute approximate surface area is 224 Å². The van der Waals surface area contributed by atoms with Gasteiger partial charge in [0.25, 0.3) is 0 Å². The highest BCUT2D eigenvalue weighted by Crippen LogP contribution is 2.42. The van der Waals surface area contributed by atoms with Gasteiger partial charge in [0.2, 0.25) is 10.0 Å². The van der Waals surface area contributed by atoms with Crippen LogP contribution in [0.3, 0.4) is 0 Å². The molecule has 5 rings (SSSR count). The molecule has 206 valence electrons. The highest BCUT2D eigenvalue weighted by atomic mass is 32.2. The first kappa shape index (κ1) is 26.8. The standard InChI is InChI=1S/C27H26F3N3O5S/c1-17-16-32(11-12-33(17)39(34,35)21-6-4-5-19(14-21)36-2)26-22-15-20(37-3)8-10-24(22)38-25-9-7-18(27(28,29)30)13-23(25)31-26/h4-10,13-15,17H,11-12,16H2,1-3H3/t17-/m0/s1. The van der Waals surface area contributed by atoms with Crippen LogP contribution < -0.4 is 14.2 Å². The SMILES string of the molecule is COc1cccc(S(=O)(=O)N2CCN(C3=Nc4cc(C(F)(F)F)ccc4Oc4ccc(OC)cc43)C[C@@H]2C)c1. The third-order valence-corrected chi connectivity index (χ3v) is 8.68. The predicted molar refractivity (Wildman–Crippen MR) is 139 cm³/mol. The maximum Gasteiger partial charge on any atom is 0.416 e. The van der Waals surface area contributed by atoms with Gasteiger partial charge in [-0.15, -0.1) is 0 Å². The molecular weight excluding hydrogens is 535 g/mol. The smallest absolute Gasteiger partial charge is 0.416 e. The molecule has 3 aromatic carbocycles. The number of sulfonamides is 1. The zero-order chi connectivity index (χ0) is 27.9. The molecule has 1 atom stereocenters. The highest BCUT2D eigenvalue weighted by molar-refractivity contribution is 7.89. The fourth-order valence-corrected chi connectivity index (χ4v) is 6.34. The van der Waals surface area contributed by atoms with E-state index in [0.29, 0.717) is 28.6 Å². The summed E-state index contributed by atoms with van der Waals surface area (Å²) in [5, 5.41) is 0. The van der Waals surface area contributed by atoms with Crippen molar-refractivity contribution < 1.29 is 35.8 Å². The van der Waals surface area contributed by atoms with Crippen molar-refractivity contribution in [2.24, 2.45) is 4.99 Å². The average Bonchev–Trinajstić information content (AvgIpc) is 3.08. The van der Waals surface area contributed by atoms with Crippen LogP contribution in [0.5, 0.6) is 23.0 Å². The van der Waals surface area contributed by atoms with Gasteiger partial charge in [-0.2, -0.15) is 17.5 Å². The van der Waals surface area contributed by atoms with Gasteiger partial charge in [-0.1, -0.05) is 6.07 Å². The van der Waals surface area contributed by atoms with Crippen LogP contribution >= 0.6 is 0 Å². The van der Waals surface area contributed by atoms with E-state index in [-0.39, 0.29) is 36.0 Å². The molecule has 39 heavy (non-hydrogen) atoms. The summed E-state index contributed by atoms with van der Waals surface area (Å²) < 4.78 is 85.3. The first-order valence-corrected chi connectivity index (χ1v) is 13.5. The fraction of sp³-hybridized carbons (Fsp3) is 0.296. The molecule has 1 saturated heterocycles. The molecule has 0 amide bonds. The van der Waals surface area contributed by atoms with Crippen molar-refractivity contribution in [3.8, 4) is 23.0 Å². The zero-order valence-electron chi connectivity index (χ0n) is 21.4. The Bertz CT molecular complexity index is 1540. The van der Waals surface area contributed by atoms with Gasteiger partial charge >= 0.3 is 6.18 Å². The number of alkyl halides is 3. The van der Waals surface area contributed by atoms with Gasteiger partial charge in [0, 0.05) is 31.7 Å². The van der Waals surface area contributed by atoms with E-state index in [1.165, 1.54) is 36.7 Å². The number of fused-ring (bicyclic) bond motifs is 2. The Balaban J connectivity index is 1.52. The summed E-state index contributed by atoms with van der Waals surface area (Å²) >= 11 is 0. The summed E-state index contributed by atoms with van der Waals surface area (Å²) in [6, 6.07) is 14.0. The van der Waals surface area contributed by atoms with Crippen molar-refractivity contribution in [2.75, 3.05) is 33.9 Å². The molecule has 0 aliphatic carbocycles. The summed E-state index contributed by atoms with van der Waals surface area (Å²) in [7, 11) is -0.860. The molecule has 0 N–H and O–H groups in total. The Morgan fingerprint density at radius 1 is 0.949 bits per heavy atom. The number of aliphatic imine (C=N–C) groups is 1. The molecule has 2 heterocycles. The van der Waals surface area contributed by atoms with Gasteiger partial charge in [-0.05, 0) is 55.5 Å². The number of methoxy groups -OCH3 is 2. The third kappa shape index (κ3) is 5.13. The maximum absolute atomic E-state index is 13.5. The lowest BCUT2D eigenvalue weighted by Gasteiger charge is -2.40. The Kier molecular flexibility index (Phi) is 6.93. The van der Waals surface area contributed by atoms with E-state index >= 15 is 0 Å². The van der Waals surface area contributed by atoms with E-state index in [0.717, 1.165) is 12.1 Å². The summed E-state index contributed by atoms with van der Waals surface area (Å²) in [6.45, 7) is 2.40. The minimum atomic E-state index is -4.55. The van der Waals surface area contributed by atoms with E-state index in [4.69, 9.17) is 14.2 Å². The minimum absolute atomic E-state index is 0.0223. The molecule has 0 spiro atoms. The lowest BCUT2D eigenvalue weighted by atomic mass is 10.1. The van der Waals surface area contributed by atoms with E-state index in [2.05, 4.69) is 4.99 Å². The van der Waals surface area contributed by atoms with Gasteiger partial charge in [-0.25, -0.2) is 13.4 Å². The lowest BCUT2D eigenvalue weighted by molar-refractivity contribution is -0.137. The molecule has 0 aromatic heterocycles. The van der Waals surface area contributed by atoms with Crippen molar-refractivity contribution >= 4 is 21.5 Å². The second kappa shape index (κ2) is 10.1. The van der Waals surface area contributed by atoms with Crippen LogP contribution in [-0.4, -0.2) is 63.4 Å². The van der Waals surface area contributed by atoms with Crippen LogP contribution in [0, 0.1) is 0 Å². The van der Waals surface area contributed by atoms with Gasteiger partial charge in [0.05, 0.1) is 30.2 Å². The first-order valence-electron chi connectivity index (χ1n) is 12.1. The van der Waals surface area contributed by atoms with E-state index < -0.39 is 27.8 Å². The number of hydrogen-bond donors (Lipinski definition) is 0. The molecule has 8 nitrogen and oxygen atoms in total. The van der Waals surface area contributed by atoms with Gasteiger partial charge in [0.15, 0.2) is 5.75 Å². The van der Waals surface area contributed by atoms with E-state index in [1.807, 2.05) is 4.90 Å². The predicted octanol–water partition coefficient (Wildman–Crippen LogP) is 5.30. The molecule has 0 saturated carbocycles. The molecule has 12 heteroatoms. The molecule has 0 radical (unpaired) electrons. The molecule has 0 unspecified atom stereocenters. The second-order valence-electron chi connectivity index (χ2n) is 9.17. The molecule has 3 aromatic rings. The van der Waals surface area contributed by atoms with Gasteiger partial charge in [-0.3, -0.25) is 0 Å². The van der Waals surface area contributed by atoms with Gasteiger partial charge < -0.3 is 19.1 Å². The number of amidine groups is 1. The lowest BCUT2D eigenvalue weighted by Crippen LogP contribution is -2.55. The van der Waals surface area contributed by atoms with Gasteiger partial charge in [0.1, 0.15) is 28.8 Å². The summed E-state index contributed by atoms with van der Waals surface area (Å²) in [5.74, 6) is 1.88. The second-order valence-corrected chi connectivity index (χ2v) is 11.1. The number of nitrogens with zero attached hydrogens (tertiary/aromatic N) is 3. The van der Waals surface area contributed by atoms with Crippen LogP contribution in [0.15, 0.2) is 70.6 Å². The Morgan fingerprint density at radius 3 is 2.36 bits per heavy atom. The summed E-state index contributed by atoms with van der Waals surface area (Å²) in [6.07, 6.45) is -4.55. The average molecular weight is 562 g/mol. The first-order chi connectivity index (χ1) is 18.5. The minimum Gasteiger partial charge on any atom is -0.497 e. The zero-order valence-corrected chi connectivity index (χ0v) is 22.2. The Morgan fingerprint density at radius 2 is 1.67 bits per heavy atom. The molecule has 2 aliphatic rings. The quantitative estimate of drug-likeness (QED) is 0.430. The number of hydrogen-bond acceptors (Lipinski definition) is 7. The molecular formula is C27H26F3N3O5S. The number of ether oxygens (including phenoxy) is 3. The Hall–Kier alpha value is -3.77. The number of rotatable bonds is 4. The van der Waals surface area contributed by atoms with E-state index in [1.54, 1.807) is 37.3 Å². The third-order valence-electron chi connectivity index (χ3n) is 6.67. The van der Waals surface area contributed by atoms with Crippen molar-refractivity contribution in [3.63, 3.8) is 0 Å². The molecule has 1 fully saturated rings. The molecule has 2 aliphatic heterocycles. The molecule has 0 bridgehead atoms. The van der Waals surface area contributed by atoms with Crippen LogP contribution in [0.4, 0.5) is 18.9 Å². The fourth-order valence-electron chi connectivity index (χ4n) is 4.69. The van der Waals surface area contributed by atoms with Crippen LogP contribution in [-0.2, 0) is 16.2 Å². The van der Waals surface area contributed by atoms with Crippen molar-refractivity contribution in [1.29, 1.82) is 0 Å². The highest BCUT2D eigenvalue weighted by Gasteiger charge is 2.37. The van der Waals surface area contributed by atoms with Crippen LogP contribution in [0.2, 0.25) is 0 Å².